The predicted molar refractivity (Wildman–Crippen MR) is 80.2 cm³/mol. The van der Waals surface area contributed by atoms with Gasteiger partial charge in [-0.05, 0) is 30.0 Å². The van der Waals surface area contributed by atoms with Crippen molar-refractivity contribution in [3.63, 3.8) is 0 Å². The Bertz CT molecular complexity index is 584. The summed E-state index contributed by atoms with van der Waals surface area (Å²) in [7, 11) is 0. The number of thioether (sulfide) groups is 1. The van der Waals surface area contributed by atoms with Crippen molar-refractivity contribution in [1.82, 2.24) is 5.32 Å². The molecule has 0 aromatic heterocycles. The lowest BCUT2D eigenvalue weighted by Crippen LogP contribution is -2.24. The van der Waals surface area contributed by atoms with Gasteiger partial charge in [-0.2, -0.15) is 0 Å². The van der Waals surface area contributed by atoms with E-state index in [-0.39, 0.29) is 5.91 Å². The monoisotopic (exact) mass is 272 g/mol. The summed E-state index contributed by atoms with van der Waals surface area (Å²) in [5.74, 6) is -0.144. The number of rotatable bonds is 4. The van der Waals surface area contributed by atoms with Gasteiger partial charge in [-0.25, -0.2) is 0 Å². The van der Waals surface area contributed by atoms with E-state index >= 15 is 0 Å². The van der Waals surface area contributed by atoms with Crippen LogP contribution in [0.2, 0.25) is 0 Å². The van der Waals surface area contributed by atoms with Crippen molar-refractivity contribution in [3.8, 4) is 0 Å². The van der Waals surface area contributed by atoms with Gasteiger partial charge in [0.1, 0.15) is 0 Å². The fourth-order valence-electron chi connectivity index (χ4n) is 1.82. The summed E-state index contributed by atoms with van der Waals surface area (Å²) in [5, 5.41) is 2.90. The highest BCUT2D eigenvalue weighted by Gasteiger charge is 2.09. The number of amides is 1. The number of nitrogen functional groups attached to an aromatic ring is 1. The highest BCUT2D eigenvalue weighted by molar-refractivity contribution is 7.98. The van der Waals surface area contributed by atoms with Crippen LogP contribution in [0.5, 0.6) is 0 Å². The highest BCUT2D eigenvalue weighted by Crippen LogP contribution is 2.19. The molecule has 2 rings (SSSR count). The second-order valence-electron chi connectivity index (χ2n) is 4.08. The molecule has 0 radical (unpaired) electrons. The number of nitrogens with one attached hydrogen (secondary N) is 1. The van der Waals surface area contributed by atoms with Crippen LogP contribution in [0.15, 0.2) is 53.4 Å². The molecule has 3 N–H and O–H groups in total. The van der Waals surface area contributed by atoms with E-state index in [1.165, 1.54) is 4.90 Å². The summed E-state index contributed by atoms with van der Waals surface area (Å²) in [6, 6.07) is 15.1. The van der Waals surface area contributed by atoms with Gasteiger partial charge in [0.2, 0.25) is 0 Å². The summed E-state index contributed by atoms with van der Waals surface area (Å²) in [5.41, 5.74) is 7.91. The number of hydrogen-bond acceptors (Lipinski definition) is 3. The maximum absolute atomic E-state index is 12.0. The third-order valence-electron chi connectivity index (χ3n) is 2.84. The Morgan fingerprint density at radius 1 is 1.16 bits per heavy atom. The molecule has 0 aliphatic heterocycles. The second kappa shape index (κ2) is 6.29. The van der Waals surface area contributed by atoms with Gasteiger partial charge in [-0.15, -0.1) is 11.8 Å². The minimum atomic E-state index is -0.144. The summed E-state index contributed by atoms with van der Waals surface area (Å²) >= 11 is 1.67. The smallest absolute Gasteiger partial charge is 0.253 e. The Kier molecular flexibility index (Phi) is 4.47. The van der Waals surface area contributed by atoms with Crippen LogP contribution in [-0.4, -0.2) is 12.2 Å². The van der Waals surface area contributed by atoms with Gasteiger partial charge in [-0.3, -0.25) is 4.79 Å². The maximum atomic E-state index is 12.0. The highest BCUT2D eigenvalue weighted by atomic mass is 32.2. The molecule has 3 nitrogen and oxygen atoms in total. The largest absolute Gasteiger partial charge is 0.398 e. The van der Waals surface area contributed by atoms with Crippen molar-refractivity contribution in [2.75, 3.05) is 12.0 Å². The van der Waals surface area contributed by atoms with Gasteiger partial charge < -0.3 is 11.1 Å². The van der Waals surface area contributed by atoms with Crippen molar-refractivity contribution >= 4 is 23.4 Å². The number of carbonyl (C=O) groups is 1. The average Bonchev–Trinajstić information content (AvgIpc) is 2.45. The molecule has 98 valence electrons. The van der Waals surface area contributed by atoms with E-state index in [1.54, 1.807) is 30.0 Å². The molecule has 0 saturated carbocycles. The number of anilines is 1. The number of nitrogens with two attached hydrogens (primary N) is 1. The summed E-state index contributed by atoms with van der Waals surface area (Å²) in [6.07, 6.45) is 2.02. The molecule has 0 saturated heterocycles. The quantitative estimate of drug-likeness (QED) is 0.664. The molecular weight excluding hydrogens is 256 g/mol. The topological polar surface area (TPSA) is 55.1 Å². The standard InChI is InChI=1S/C15H16N2OS/c1-19-14-9-5-2-6-11(14)10-17-15(18)12-7-3-4-8-13(12)16/h2-9H,10,16H2,1H3,(H,17,18). The first-order chi connectivity index (χ1) is 9.22. The number of carbonyl (C=O) groups excluding carboxylic acids is 1. The molecule has 4 heteroatoms. The Morgan fingerprint density at radius 3 is 2.58 bits per heavy atom. The van der Waals surface area contributed by atoms with Crippen LogP contribution < -0.4 is 11.1 Å². The van der Waals surface area contributed by atoms with Crippen molar-refractivity contribution in [3.05, 3.63) is 59.7 Å². The van der Waals surface area contributed by atoms with E-state index in [2.05, 4.69) is 5.32 Å². The summed E-state index contributed by atoms with van der Waals surface area (Å²) in [4.78, 5) is 13.2. The van der Waals surface area contributed by atoms with Crippen LogP contribution in [0, 0.1) is 0 Å². The molecule has 0 bridgehead atoms. The lowest BCUT2D eigenvalue weighted by atomic mass is 10.1. The number of hydrogen-bond donors (Lipinski definition) is 2. The van der Waals surface area contributed by atoms with E-state index in [0.29, 0.717) is 17.8 Å². The molecule has 2 aromatic rings. The van der Waals surface area contributed by atoms with E-state index in [9.17, 15) is 4.79 Å². The molecule has 0 unspecified atom stereocenters. The van der Waals surface area contributed by atoms with Crippen LogP contribution in [0.1, 0.15) is 15.9 Å². The second-order valence-corrected chi connectivity index (χ2v) is 4.93. The first-order valence-electron chi connectivity index (χ1n) is 5.97. The minimum Gasteiger partial charge on any atom is -0.398 e. The molecule has 0 aliphatic rings. The van der Waals surface area contributed by atoms with Gasteiger partial charge in [0, 0.05) is 17.1 Å². The first kappa shape index (κ1) is 13.5. The van der Waals surface area contributed by atoms with Crippen LogP contribution in [0.4, 0.5) is 5.69 Å². The lowest BCUT2D eigenvalue weighted by Gasteiger charge is -2.10. The lowest BCUT2D eigenvalue weighted by molar-refractivity contribution is 0.0951. The Labute approximate surface area is 117 Å². The van der Waals surface area contributed by atoms with Crippen LogP contribution in [0.3, 0.4) is 0 Å². The molecule has 0 fully saturated rings. The fourth-order valence-corrected chi connectivity index (χ4v) is 2.44. The minimum absolute atomic E-state index is 0.144. The van der Waals surface area contributed by atoms with Crippen LogP contribution in [-0.2, 0) is 6.54 Å². The molecule has 0 atom stereocenters. The van der Waals surface area contributed by atoms with Gasteiger partial charge in [-0.1, -0.05) is 30.3 Å². The maximum Gasteiger partial charge on any atom is 0.253 e. The number of para-hydroxylation sites is 1. The molecule has 1 amide bonds. The van der Waals surface area contributed by atoms with Gasteiger partial charge >= 0.3 is 0 Å². The predicted octanol–water partition coefficient (Wildman–Crippen LogP) is 2.92. The third kappa shape index (κ3) is 3.29. The van der Waals surface area contributed by atoms with Gasteiger partial charge in [0.05, 0.1) is 5.56 Å². The Morgan fingerprint density at radius 2 is 1.84 bits per heavy atom. The Balaban J connectivity index is 2.07. The molecule has 19 heavy (non-hydrogen) atoms. The molecule has 2 aromatic carbocycles. The van der Waals surface area contributed by atoms with E-state index in [4.69, 9.17) is 5.73 Å². The van der Waals surface area contributed by atoms with Gasteiger partial charge in [0.15, 0.2) is 0 Å². The summed E-state index contributed by atoms with van der Waals surface area (Å²) in [6.45, 7) is 0.504. The fraction of sp³-hybridized carbons (Fsp3) is 0.133. The summed E-state index contributed by atoms with van der Waals surface area (Å²) < 4.78 is 0. The zero-order valence-corrected chi connectivity index (χ0v) is 11.5. The third-order valence-corrected chi connectivity index (χ3v) is 3.68. The van der Waals surface area contributed by atoms with Crippen LogP contribution >= 0.6 is 11.8 Å². The van der Waals surface area contributed by atoms with Crippen molar-refractivity contribution in [2.24, 2.45) is 0 Å². The molecule has 0 heterocycles. The molecular formula is C15H16N2OS. The van der Waals surface area contributed by atoms with Crippen LogP contribution in [0.25, 0.3) is 0 Å². The van der Waals surface area contributed by atoms with Crippen molar-refractivity contribution < 1.29 is 4.79 Å². The molecule has 0 aliphatic carbocycles. The van der Waals surface area contributed by atoms with E-state index < -0.39 is 0 Å². The zero-order chi connectivity index (χ0) is 13.7. The van der Waals surface area contributed by atoms with Crippen molar-refractivity contribution in [2.45, 2.75) is 11.4 Å². The average molecular weight is 272 g/mol. The SMILES string of the molecule is CSc1ccccc1CNC(=O)c1ccccc1N. The first-order valence-corrected chi connectivity index (χ1v) is 7.19. The Hall–Kier alpha value is -1.94. The number of benzene rings is 2. The van der Waals surface area contributed by atoms with E-state index in [1.807, 2.05) is 36.6 Å². The molecule has 0 spiro atoms. The zero-order valence-electron chi connectivity index (χ0n) is 10.7. The normalized spacial score (nSPS) is 10.2. The van der Waals surface area contributed by atoms with Gasteiger partial charge in [0.25, 0.3) is 5.91 Å². The van der Waals surface area contributed by atoms with Crippen molar-refractivity contribution in [1.29, 1.82) is 0 Å². The van der Waals surface area contributed by atoms with E-state index in [0.717, 1.165) is 5.56 Å².